The van der Waals surface area contributed by atoms with Gasteiger partial charge in [0, 0.05) is 12.1 Å². The van der Waals surface area contributed by atoms with Crippen LogP contribution in [0.3, 0.4) is 0 Å². The molecule has 0 amide bonds. The van der Waals surface area contributed by atoms with Gasteiger partial charge in [-0.3, -0.25) is 4.90 Å². The minimum absolute atomic E-state index is 0.285. The predicted molar refractivity (Wildman–Crippen MR) is 85.4 cm³/mol. The van der Waals surface area contributed by atoms with Crippen LogP contribution >= 0.6 is 0 Å². The van der Waals surface area contributed by atoms with Crippen LogP contribution < -0.4 is 4.74 Å². The molecule has 0 spiro atoms. The number of rotatable bonds is 6. The van der Waals surface area contributed by atoms with Crippen molar-refractivity contribution < 1.29 is 9.13 Å². The molecule has 0 aromatic heterocycles. The molecule has 1 aromatic carbocycles. The lowest BCUT2D eigenvalue weighted by Gasteiger charge is -2.37. The Bertz CT molecular complexity index is 464. The van der Waals surface area contributed by atoms with E-state index in [4.69, 9.17) is 4.74 Å². The smallest absolute Gasteiger partial charge is 0.126 e. The lowest BCUT2D eigenvalue weighted by atomic mass is 9.81. The summed E-state index contributed by atoms with van der Waals surface area (Å²) >= 11 is 0. The fourth-order valence-electron chi connectivity index (χ4n) is 2.72. The van der Waals surface area contributed by atoms with Gasteiger partial charge in [-0.25, -0.2) is 4.39 Å². The maximum absolute atomic E-state index is 13.5. The Kier molecular flexibility index (Phi) is 5.40. The van der Waals surface area contributed by atoms with E-state index in [0.29, 0.717) is 17.9 Å². The minimum Gasteiger partial charge on any atom is -0.492 e. The fraction of sp³-hybridized carbons (Fsp3) is 0.556. The van der Waals surface area contributed by atoms with E-state index in [2.05, 4.69) is 24.5 Å². The van der Waals surface area contributed by atoms with Gasteiger partial charge in [0.25, 0.3) is 0 Å². The van der Waals surface area contributed by atoms with E-state index in [0.717, 1.165) is 32.5 Å². The van der Waals surface area contributed by atoms with Gasteiger partial charge in [-0.1, -0.05) is 31.2 Å². The molecular formula is C18H26FNO. The normalized spacial score (nSPS) is 20.0. The molecule has 0 aliphatic carbocycles. The van der Waals surface area contributed by atoms with E-state index in [1.807, 2.05) is 18.2 Å². The van der Waals surface area contributed by atoms with Gasteiger partial charge in [-0.2, -0.15) is 0 Å². The number of nitrogens with zero attached hydrogens (tertiary/aromatic N) is 1. The monoisotopic (exact) mass is 291 g/mol. The third kappa shape index (κ3) is 4.31. The molecule has 0 radical (unpaired) electrons. The number of allylic oxidation sites excluding steroid dienone is 1. The van der Waals surface area contributed by atoms with Crippen LogP contribution in [0.2, 0.25) is 0 Å². The van der Waals surface area contributed by atoms with Crippen molar-refractivity contribution in [2.24, 2.45) is 5.41 Å². The Morgan fingerprint density at radius 3 is 2.67 bits per heavy atom. The first-order valence-corrected chi connectivity index (χ1v) is 7.76. The lowest BCUT2D eigenvalue weighted by Crippen LogP contribution is -2.39. The number of alkyl halides is 1. The van der Waals surface area contributed by atoms with Gasteiger partial charge in [0.1, 0.15) is 18.5 Å². The molecule has 0 bridgehead atoms. The molecule has 0 N–H and O–H groups in total. The van der Waals surface area contributed by atoms with Crippen LogP contribution in [-0.2, 0) is 0 Å². The van der Waals surface area contributed by atoms with Crippen LogP contribution in [0.15, 0.2) is 36.9 Å². The van der Waals surface area contributed by atoms with E-state index in [-0.39, 0.29) is 5.41 Å². The molecule has 1 aliphatic rings. The molecule has 3 heteroatoms. The first-order valence-electron chi connectivity index (χ1n) is 7.76. The van der Waals surface area contributed by atoms with Crippen molar-refractivity contribution in [3.05, 3.63) is 42.5 Å². The molecule has 1 saturated heterocycles. The van der Waals surface area contributed by atoms with Crippen molar-refractivity contribution in [1.29, 1.82) is 0 Å². The second-order valence-electron chi connectivity index (χ2n) is 6.20. The van der Waals surface area contributed by atoms with Crippen molar-refractivity contribution in [3.8, 4) is 5.75 Å². The first kappa shape index (κ1) is 16.0. The van der Waals surface area contributed by atoms with Crippen LogP contribution in [0, 0.1) is 5.41 Å². The average Bonchev–Trinajstić information content (AvgIpc) is 2.50. The Labute approximate surface area is 127 Å². The van der Waals surface area contributed by atoms with E-state index in [9.17, 15) is 4.39 Å². The Hall–Kier alpha value is -1.35. The summed E-state index contributed by atoms with van der Waals surface area (Å²) in [5.41, 5.74) is 0.920. The molecule has 1 aliphatic heterocycles. The number of hydrogen-bond acceptors (Lipinski definition) is 2. The molecule has 1 atom stereocenters. The fourth-order valence-corrected chi connectivity index (χ4v) is 2.72. The highest BCUT2D eigenvalue weighted by molar-refractivity contribution is 5.34. The quantitative estimate of drug-likeness (QED) is 0.721. The first-order chi connectivity index (χ1) is 10.0. The second-order valence-corrected chi connectivity index (χ2v) is 6.20. The summed E-state index contributed by atoms with van der Waals surface area (Å²) in [5, 5.41) is 0. The number of hydrogen-bond donors (Lipinski definition) is 0. The van der Waals surface area contributed by atoms with E-state index in [1.54, 1.807) is 13.0 Å². The summed E-state index contributed by atoms with van der Waals surface area (Å²) in [7, 11) is 0. The van der Waals surface area contributed by atoms with E-state index >= 15 is 0 Å². The predicted octanol–water partition coefficient (Wildman–Crippen LogP) is 4.38. The molecule has 1 aromatic rings. The minimum atomic E-state index is -0.996. The van der Waals surface area contributed by atoms with Crippen LogP contribution in [0.4, 0.5) is 4.39 Å². The number of likely N-dealkylation sites (tertiary alicyclic amines) is 1. The molecule has 1 fully saturated rings. The summed E-state index contributed by atoms with van der Waals surface area (Å²) in [6.07, 6.45) is 3.38. The zero-order chi connectivity index (χ0) is 15.3. The van der Waals surface area contributed by atoms with Crippen LogP contribution in [0.5, 0.6) is 5.75 Å². The topological polar surface area (TPSA) is 12.5 Å². The molecule has 21 heavy (non-hydrogen) atoms. The molecule has 1 unspecified atom stereocenters. The van der Waals surface area contributed by atoms with Gasteiger partial charge in [0.15, 0.2) is 0 Å². The summed E-state index contributed by atoms with van der Waals surface area (Å²) in [6, 6.07) is 7.36. The van der Waals surface area contributed by atoms with Crippen molar-refractivity contribution in [1.82, 2.24) is 4.90 Å². The van der Waals surface area contributed by atoms with Gasteiger partial charge in [-0.15, -0.1) is 6.58 Å². The molecule has 116 valence electrons. The van der Waals surface area contributed by atoms with Crippen molar-refractivity contribution >= 4 is 0 Å². The summed E-state index contributed by atoms with van der Waals surface area (Å²) < 4.78 is 19.3. The average molecular weight is 291 g/mol. The van der Waals surface area contributed by atoms with Crippen molar-refractivity contribution in [2.45, 2.75) is 32.9 Å². The van der Waals surface area contributed by atoms with Crippen LogP contribution in [0.1, 0.15) is 38.4 Å². The van der Waals surface area contributed by atoms with E-state index in [1.165, 1.54) is 0 Å². The number of piperidine rings is 1. The zero-order valence-electron chi connectivity index (χ0n) is 13.1. The Morgan fingerprint density at radius 2 is 2.05 bits per heavy atom. The lowest BCUT2D eigenvalue weighted by molar-refractivity contribution is 0.131. The molecular weight excluding hydrogens is 265 g/mol. The second kappa shape index (κ2) is 7.08. The number of para-hydroxylation sites is 1. The van der Waals surface area contributed by atoms with Gasteiger partial charge in [-0.05, 0) is 44.3 Å². The van der Waals surface area contributed by atoms with E-state index < -0.39 is 6.17 Å². The SMILES string of the molecule is C=CC1(C)CCN(CCOc2ccccc2C(C)F)CC1. The maximum Gasteiger partial charge on any atom is 0.126 e. The molecule has 2 nitrogen and oxygen atoms in total. The van der Waals surface area contributed by atoms with Gasteiger partial charge < -0.3 is 4.74 Å². The van der Waals surface area contributed by atoms with Gasteiger partial charge >= 0.3 is 0 Å². The van der Waals surface area contributed by atoms with Gasteiger partial charge in [0.05, 0.1) is 0 Å². The summed E-state index contributed by atoms with van der Waals surface area (Å²) in [6.45, 7) is 11.4. The summed E-state index contributed by atoms with van der Waals surface area (Å²) in [4.78, 5) is 2.41. The maximum atomic E-state index is 13.5. The highest BCUT2D eigenvalue weighted by Gasteiger charge is 2.26. The highest BCUT2D eigenvalue weighted by atomic mass is 19.1. The third-order valence-corrected chi connectivity index (χ3v) is 4.50. The van der Waals surface area contributed by atoms with Crippen molar-refractivity contribution in [2.75, 3.05) is 26.2 Å². The zero-order valence-corrected chi connectivity index (χ0v) is 13.1. The van der Waals surface area contributed by atoms with Gasteiger partial charge in [0.2, 0.25) is 0 Å². The molecule has 1 heterocycles. The standard InChI is InChI=1S/C18H26FNO/c1-4-18(3)9-11-20(12-10-18)13-14-21-17-8-6-5-7-16(17)15(2)19/h4-8,15H,1,9-14H2,2-3H3. The number of halogens is 1. The molecule has 2 rings (SSSR count). The summed E-state index contributed by atoms with van der Waals surface area (Å²) in [5.74, 6) is 0.667. The third-order valence-electron chi connectivity index (χ3n) is 4.50. The van der Waals surface area contributed by atoms with Crippen LogP contribution in [0.25, 0.3) is 0 Å². The van der Waals surface area contributed by atoms with Crippen molar-refractivity contribution in [3.63, 3.8) is 0 Å². The Balaban J connectivity index is 1.79. The number of benzene rings is 1. The molecule has 0 saturated carbocycles. The number of ether oxygens (including phenoxy) is 1. The highest BCUT2D eigenvalue weighted by Crippen LogP contribution is 2.31. The largest absolute Gasteiger partial charge is 0.492 e. The Morgan fingerprint density at radius 1 is 1.38 bits per heavy atom. The van der Waals surface area contributed by atoms with Crippen LogP contribution in [-0.4, -0.2) is 31.1 Å².